The van der Waals surface area contributed by atoms with E-state index < -0.39 is 0 Å². The summed E-state index contributed by atoms with van der Waals surface area (Å²) in [7, 11) is 1.78. The molecular formula is C14H20N6O. The molecule has 21 heavy (non-hydrogen) atoms. The van der Waals surface area contributed by atoms with Gasteiger partial charge in [0.15, 0.2) is 0 Å². The van der Waals surface area contributed by atoms with Crippen molar-refractivity contribution in [2.24, 2.45) is 0 Å². The maximum Gasteiger partial charge on any atom is 0.270 e. The fourth-order valence-electron chi connectivity index (χ4n) is 2.78. The molecular weight excluding hydrogens is 268 g/mol. The number of piperidine rings is 1. The van der Waals surface area contributed by atoms with Crippen molar-refractivity contribution in [1.29, 1.82) is 0 Å². The summed E-state index contributed by atoms with van der Waals surface area (Å²) in [5.74, 6) is 0.695. The monoisotopic (exact) mass is 288 g/mol. The molecule has 0 bridgehead atoms. The number of carbonyl (C=O) groups is 1. The van der Waals surface area contributed by atoms with Crippen LogP contribution in [0.1, 0.15) is 35.2 Å². The zero-order valence-corrected chi connectivity index (χ0v) is 12.1. The van der Waals surface area contributed by atoms with Crippen LogP contribution >= 0.6 is 0 Å². The summed E-state index contributed by atoms with van der Waals surface area (Å²) in [6.07, 6.45) is 5.57. The highest BCUT2D eigenvalue weighted by Crippen LogP contribution is 2.22. The predicted octanol–water partition coefficient (Wildman–Crippen LogP) is 0.803. The van der Waals surface area contributed by atoms with Crippen LogP contribution in [0.5, 0.6) is 0 Å². The molecule has 2 N–H and O–H groups in total. The fourth-order valence-corrected chi connectivity index (χ4v) is 2.78. The van der Waals surface area contributed by atoms with Gasteiger partial charge in [-0.15, -0.1) is 0 Å². The van der Waals surface area contributed by atoms with Crippen LogP contribution in [0, 0.1) is 0 Å². The Morgan fingerprint density at radius 1 is 1.48 bits per heavy atom. The second-order valence-corrected chi connectivity index (χ2v) is 5.38. The van der Waals surface area contributed by atoms with E-state index in [0.717, 1.165) is 31.6 Å². The Balaban J connectivity index is 1.73. The minimum Gasteiger partial charge on any atom is -0.340 e. The summed E-state index contributed by atoms with van der Waals surface area (Å²) in [6.45, 7) is 2.44. The minimum atomic E-state index is 0.00920. The van der Waals surface area contributed by atoms with Crippen LogP contribution in [-0.2, 0) is 6.54 Å². The second-order valence-electron chi connectivity index (χ2n) is 5.38. The van der Waals surface area contributed by atoms with E-state index in [9.17, 15) is 4.79 Å². The first-order chi connectivity index (χ1) is 10.3. The van der Waals surface area contributed by atoms with Crippen molar-refractivity contribution in [3.8, 4) is 0 Å². The van der Waals surface area contributed by atoms with Crippen LogP contribution in [-0.4, -0.2) is 50.7 Å². The first-order valence-electron chi connectivity index (χ1n) is 7.23. The quantitative estimate of drug-likeness (QED) is 0.872. The first kappa shape index (κ1) is 13.8. The number of nitrogens with one attached hydrogen (secondary N) is 2. The molecule has 1 amide bonds. The van der Waals surface area contributed by atoms with E-state index in [4.69, 9.17) is 0 Å². The number of aromatic amines is 1. The molecule has 0 radical (unpaired) electrons. The number of nitrogens with zero attached hydrogens (tertiary/aromatic N) is 4. The van der Waals surface area contributed by atoms with Crippen LogP contribution in [0.4, 0.5) is 0 Å². The van der Waals surface area contributed by atoms with Crippen molar-refractivity contribution in [3.63, 3.8) is 0 Å². The van der Waals surface area contributed by atoms with E-state index in [-0.39, 0.29) is 5.91 Å². The van der Waals surface area contributed by atoms with E-state index in [1.165, 1.54) is 6.33 Å². The molecule has 1 aliphatic heterocycles. The van der Waals surface area contributed by atoms with Gasteiger partial charge in [0.2, 0.25) is 0 Å². The Kier molecular flexibility index (Phi) is 4.01. The highest BCUT2D eigenvalue weighted by Gasteiger charge is 2.22. The summed E-state index contributed by atoms with van der Waals surface area (Å²) >= 11 is 0. The summed E-state index contributed by atoms with van der Waals surface area (Å²) in [5, 5.41) is 9.93. The topological polar surface area (TPSA) is 78.8 Å². The zero-order chi connectivity index (χ0) is 14.7. The molecule has 112 valence electrons. The summed E-state index contributed by atoms with van der Waals surface area (Å²) < 4.78 is 2.11. The third-order valence-electron chi connectivity index (χ3n) is 3.90. The van der Waals surface area contributed by atoms with Gasteiger partial charge >= 0.3 is 0 Å². The van der Waals surface area contributed by atoms with Crippen LogP contribution in [0.2, 0.25) is 0 Å². The summed E-state index contributed by atoms with van der Waals surface area (Å²) in [4.78, 5) is 18.3. The van der Waals surface area contributed by atoms with Gasteiger partial charge < -0.3 is 14.8 Å². The third-order valence-corrected chi connectivity index (χ3v) is 3.90. The Bertz CT molecular complexity index is 584. The number of H-pyrrole nitrogens is 1. The fraction of sp³-hybridized carbons (Fsp3) is 0.500. The van der Waals surface area contributed by atoms with Gasteiger partial charge in [-0.2, -0.15) is 5.10 Å². The van der Waals surface area contributed by atoms with Crippen LogP contribution in [0.3, 0.4) is 0 Å². The molecule has 1 fully saturated rings. The van der Waals surface area contributed by atoms with Crippen LogP contribution in [0.15, 0.2) is 24.7 Å². The Labute approximate surface area is 123 Å². The largest absolute Gasteiger partial charge is 0.340 e. The molecule has 3 heterocycles. The second kappa shape index (κ2) is 6.09. The van der Waals surface area contributed by atoms with Crippen LogP contribution < -0.4 is 5.32 Å². The molecule has 2 aromatic heterocycles. The smallest absolute Gasteiger partial charge is 0.270 e. The van der Waals surface area contributed by atoms with Crippen molar-refractivity contribution in [1.82, 2.24) is 30.0 Å². The number of rotatable bonds is 4. The Morgan fingerprint density at radius 2 is 2.29 bits per heavy atom. The molecule has 0 aliphatic carbocycles. The molecule has 0 saturated carbocycles. The third kappa shape index (κ3) is 2.97. The van der Waals surface area contributed by atoms with Gasteiger partial charge in [-0.3, -0.25) is 9.89 Å². The Morgan fingerprint density at radius 3 is 3.00 bits per heavy atom. The number of aromatic nitrogens is 4. The molecule has 7 heteroatoms. The van der Waals surface area contributed by atoms with Crippen molar-refractivity contribution < 1.29 is 4.79 Å². The van der Waals surface area contributed by atoms with Crippen LogP contribution in [0.25, 0.3) is 0 Å². The van der Waals surface area contributed by atoms with E-state index in [1.54, 1.807) is 11.9 Å². The standard InChI is InChI=1S/C14H20N6O/c1-19(9-13-16-10-17-18-13)14(21)12-3-2-8-20(12)11-4-6-15-7-5-11/h2-3,8,10-11,15H,4-7,9H2,1H3,(H,16,17,18). The van der Waals surface area contributed by atoms with Gasteiger partial charge in [-0.05, 0) is 38.1 Å². The summed E-state index contributed by atoms with van der Waals surface area (Å²) in [5.41, 5.74) is 0.740. The van der Waals surface area contributed by atoms with E-state index in [2.05, 4.69) is 25.1 Å². The number of carbonyl (C=O) groups excluding carboxylic acids is 1. The number of amides is 1. The molecule has 1 saturated heterocycles. The van der Waals surface area contributed by atoms with Gasteiger partial charge in [0.05, 0.1) is 6.54 Å². The van der Waals surface area contributed by atoms with Crippen molar-refractivity contribution >= 4 is 5.91 Å². The molecule has 0 spiro atoms. The van der Waals surface area contributed by atoms with Gasteiger partial charge in [-0.25, -0.2) is 4.98 Å². The maximum atomic E-state index is 12.6. The van der Waals surface area contributed by atoms with E-state index in [1.807, 2.05) is 18.3 Å². The average Bonchev–Trinajstić information content (AvgIpc) is 3.18. The molecule has 0 atom stereocenters. The predicted molar refractivity (Wildman–Crippen MR) is 77.8 cm³/mol. The molecule has 0 unspecified atom stereocenters. The molecule has 3 rings (SSSR count). The van der Waals surface area contributed by atoms with Crippen molar-refractivity contribution in [3.05, 3.63) is 36.2 Å². The van der Waals surface area contributed by atoms with Crippen molar-refractivity contribution in [2.75, 3.05) is 20.1 Å². The van der Waals surface area contributed by atoms with Gasteiger partial charge in [-0.1, -0.05) is 0 Å². The minimum absolute atomic E-state index is 0.00920. The number of hydrogen-bond acceptors (Lipinski definition) is 4. The zero-order valence-electron chi connectivity index (χ0n) is 12.1. The van der Waals surface area contributed by atoms with Gasteiger partial charge in [0, 0.05) is 19.3 Å². The highest BCUT2D eigenvalue weighted by atomic mass is 16.2. The SMILES string of the molecule is CN(Cc1ncn[nH]1)C(=O)c1cccn1C1CCNCC1. The summed E-state index contributed by atoms with van der Waals surface area (Å²) in [6, 6.07) is 4.23. The normalized spacial score (nSPS) is 16.0. The van der Waals surface area contributed by atoms with E-state index >= 15 is 0 Å². The lowest BCUT2D eigenvalue weighted by atomic mass is 10.1. The Hall–Kier alpha value is -2.15. The average molecular weight is 288 g/mol. The first-order valence-corrected chi connectivity index (χ1v) is 7.23. The van der Waals surface area contributed by atoms with E-state index in [0.29, 0.717) is 18.4 Å². The van der Waals surface area contributed by atoms with Gasteiger partial charge in [0.25, 0.3) is 5.91 Å². The lowest BCUT2D eigenvalue weighted by Gasteiger charge is -2.27. The molecule has 2 aromatic rings. The molecule has 0 aromatic carbocycles. The van der Waals surface area contributed by atoms with Gasteiger partial charge in [0.1, 0.15) is 17.8 Å². The molecule has 7 nitrogen and oxygen atoms in total. The van der Waals surface area contributed by atoms with Crippen molar-refractivity contribution in [2.45, 2.75) is 25.4 Å². The lowest BCUT2D eigenvalue weighted by molar-refractivity contribution is 0.0767. The maximum absolute atomic E-state index is 12.6. The highest BCUT2D eigenvalue weighted by molar-refractivity contribution is 5.92. The lowest BCUT2D eigenvalue weighted by Crippen LogP contribution is -2.33. The molecule has 1 aliphatic rings. The number of hydrogen-bond donors (Lipinski definition) is 2.